The van der Waals surface area contributed by atoms with Gasteiger partial charge in [0.2, 0.25) is 11.8 Å². The number of nitrogens with one attached hydrogen (secondary N) is 1. The highest BCUT2D eigenvalue weighted by atomic mass is 32.2. The molecule has 6 rings (SSSR count). The lowest BCUT2D eigenvalue weighted by atomic mass is 10.1. The lowest BCUT2D eigenvalue weighted by Crippen LogP contribution is -2.50. The number of piperazine rings is 1. The highest BCUT2D eigenvalue weighted by Crippen LogP contribution is 2.34. The van der Waals surface area contributed by atoms with Crippen molar-refractivity contribution in [3.63, 3.8) is 0 Å². The van der Waals surface area contributed by atoms with Gasteiger partial charge in [0.15, 0.2) is 16.7 Å². The second-order valence-corrected chi connectivity index (χ2v) is 12.0. The zero-order valence-electron chi connectivity index (χ0n) is 25.8. The third kappa shape index (κ3) is 6.71. The van der Waals surface area contributed by atoms with E-state index < -0.39 is 6.04 Å². The van der Waals surface area contributed by atoms with Crippen molar-refractivity contribution in [3.8, 4) is 11.5 Å². The van der Waals surface area contributed by atoms with Gasteiger partial charge in [-0.2, -0.15) is 0 Å². The first-order valence-electron chi connectivity index (χ1n) is 15.2. The summed E-state index contributed by atoms with van der Waals surface area (Å²) in [4.78, 5) is 54.8. The molecule has 0 radical (unpaired) electrons. The molecule has 0 unspecified atom stereocenters. The van der Waals surface area contributed by atoms with Crippen LogP contribution in [-0.2, 0) is 20.8 Å². The van der Waals surface area contributed by atoms with Crippen LogP contribution in [0.5, 0.6) is 11.5 Å². The van der Waals surface area contributed by atoms with Gasteiger partial charge in [0, 0.05) is 44.0 Å². The number of fused-ring (bicyclic) bond motifs is 3. The summed E-state index contributed by atoms with van der Waals surface area (Å²) < 4.78 is 10.7. The Hall–Kier alpha value is -4.84. The maximum atomic E-state index is 13.7. The number of para-hydroxylation sites is 2. The summed E-state index contributed by atoms with van der Waals surface area (Å²) in [6.07, 6.45) is 0.602. The Morgan fingerprint density at radius 2 is 1.67 bits per heavy atom. The van der Waals surface area contributed by atoms with Gasteiger partial charge in [-0.15, -0.1) is 0 Å². The van der Waals surface area contributed by atoms with Crippen molar-refractivity contribution in [2.45, 2.75) is 18.9 Å². The minimum atomic E-state index is -0.845. The van der Waals surface area contributed by atoms with E-state index >= 15 is 0 Å². The number of nitrogens with zero attached hydrogens (tertiary/aromatic N) is 5. The number of hydrogen-bond donors (Lipinski definition) is 1. The smallest absolute Gasteiger partial charge is 0.259 e. The molecule has 1 atom stereocenters. The fourth-order valence-corrected chi connectivity index (χ4v) is 6.57. The van der Waals surface area contributed by atoms with Crippen LogP contribution in [0.15, 0.2) is 82.8 Å². The highest BCUT2D eigenvalue weighted by molar-refractivity contribution is 8.14. The minimum absolute atomic E-state index is 0.0130. The van der Waals surface area contributed by atoms with Gasteiger partial charge < -0.3 is 24.6 Å². The molecule has 3 aliphatic heterocycles. The Morgan fingerprint density at radius 1 is 0.935 bits per heavy atom. The number of anilines is 1. The number of amides is 3. The first kappa shape index (κ1) is 31.2. The van der Waals surface area contributed by atoms with Gasteiger partial charge in [-0.05, 0) is 48.4 Å². The summed E-state index contributed by atoms with van der Waals surface area (Å²) >= 11 is 1.18. The van der Waals surface area contributed by atoms with Crippen molar-refractivity contribution < 1.29 is 23.9 Å². The molecule has 3 amide bonds. The number of thioether (sulfide) groups is 1. The van der Waals surface area contributed by atoms with Crippen molar-refractivity contribution in [2.24, 2.45) is 9.98 Å². The molecule has 11 nitrogen and oxygen atoms in total. The Kier molecular flexibility index (Phi) is 9.53. The monoisotopic (exact) mass is 640 g/mol. The molecule has 3 aliphatic rings. The second-order valence-electron chi connectivity index (χ2n) is 11.0. The van der Waals surface area contributed by atoms with Crippen LogP contribution in [0.4, 0.5) is 11.4 Å². The average molecular weight is 641 g/mol. The molecule has 3 aromatic rings. The van der Waals surface area contributed by atoms with Crippen LogP contribution in [0.25, 0.3) is 0 Å². The fraction of sp³-hybridized carbons (Fsp3) is 0.324. The third-order valence-electron chi connectivity index (χ3n) is 8.19. The summed E-state index contributed by atoms with van der Waals surface area (Å²) in [5.41, 5.74) is 3.54. The van der Waals surface area contributed by atoms with E-state index in [-0.39, 0.29) is 29.9 Å². The number of carbonyl (C=O) groups excluding carboxylic acids is 3. The van der Waals surface area contributed by atoms with Gasteiger partial charge >= 0.3 is 0 Å². The van der Waals surface area contributed by atoms with E-state index in [0.29, 0.717) is 54.2 Å². The van der Waals surface area contributed by atoms with E-state index in [2.05, 4.69) is 22.3 Å². The standard InChI is InChI=1S/C34H36N6O5S/c1-44-28-13-12-23(20-29(28)45-2)14-15-35-30(41)22-46-34-37-26-11-7-6-10-25(26)32-36-27(33(43)40(32)34)21-31(42)39-18-16-38(17-19-39)24-8-4-3-5-9-24/h3-13,20,27H,14-19,21-22H2,1-2H3,(H,35,41)/t27-/m1/s1. The minimum Gasteiger partial charge on any atom is -0.493 e. The normalized spacial score (nSPS) is 17.1. The maximum Gasteiger partial charge on any atom is 0.259 e. The van der Waals surface area contributed by atoms with E-state index in [1.807, 2.05) is 65.6 Å². The zero-order valence-corrected chi connectivity index (χ0v) is 26.7. The SMILES string of the molecule is COc1ccc(CCNC(=O)CSC2=Nc3ccccc3C3=N[C@H](CC(=O)N4CCN(c5ccccc5)CC4)C(=O)N23)cc1OC. The van der Waals surface area contributed by atoms with Crippen LogP contribution >= 0.6 is 11.8 Å². The van der Waals surface area contributed by atoms with Crippen molar-refractivity contribution in [3.05, 3.63) is 83.9 Å². The van der Waals surface area contributed by atoms with Crippen LogP contribution in [0.2, 0.25) is 0 Å². The van der Waals surface area contributed by atoms with Gasteiger partial charge in [-0.1, -0.05) is 48.2 Å². The van der Waals surface area contributed by atoms with E-state index in [1.54, 1.807) is 14.2 Å². The van der Waals surface area contributed by atoms with Gasteiger partial charge in [0.25, 0.3) is 5.91 Å². The lowest BCUT2D eigenvalue weighted by molar-refractivity contribution is -0.135. The topological polar surface area (TPSA) is 116 Å². The number of amidine groups is 2. The van der Waals surface area contributed by atoms with Gasteiger partial charge in [0.05, 0.1) is 32.1 Å². The highest BCUT2D eigenvalue weighted by Gasteiger charge is 2.42. The van der Waals surface area contributed by atoms with E-state index in [9.17, 15) is 14.4 Å². The molecule has 0 bridgehead atoms. The number of methoxy groups -OCH3 is 2. The molecule has 238 valence electrons. The Morgan fingerprint density at radius 3 is 2.43 bits per heavy atom. The molecule has 3 aromatic carbocycles. The summed E-state index contributed by atoms with van der Waals surface area (Å²) in [7, 11) is 3.17. The quantitative estimate of drug-likeness (QED) is 0.361. The van der Waals surface area contributed by atoms with Crippen molar-refractivity contribution in [1.29, 1.82) is 0 Å². The number of aliphatic imine (C=N–C) groups is 2. The molecule has 0 saturated carbocycles. The molecule has 0 aromatic heterocycles. The van der Waals surface area contributed by atoms with Gasteiger partial charge in [0.1, 0.15) is 11.9 Å². The molecular formula is C34H36N6O5S. The van der Waals surface area contributed by atoms with Crippen LogP contribution in [-0.4, -0.2) is 97.3 Å². The van der Waals surface area contributed by atoms with Crippen LogP contribution in [0.1, 0.15) is 17.5 Å². The van der Waals surface area contributed by atoms with E-state index in [1.165, 1.54) is 16.7 Å². The van der Waals surface area contributed by atoms with Gasteiger partial charge in [-0.25, -0.2) is 9.89 Å². The summed E-state index contributed by atoms with van der Waals surface area (Å²) in [5, 5.41) is 3.32. The van der Waals surface area contributed by atoms with Crippen LogP contribution in [0, 0.1) is 0 Å². The molecule has 3 heterocycles. The van der Waals surface area contributed by atoms with Crippen molar-refractivity contribution in [1.82, 2.24) is 15.1 Å². The Bertz CT molecular complexity index is 1670. The lowest BCUT2D eigenvalue weighted by Gasteiger charge is -2.36. The average Bonchev–Trinajstić information content (AvgIpc) is 3.43. The molecule has 0 spiro atoms. The molecule has 1 N–H and O–H groups in total. The molecule has 46 heavy (non-hydrogen) atoms. The maximum absolute atomic E-state index is 13.7. The second kappa shape index (κ2) is 14.1. The van der Waals surface area contributed by atoms with Crippen LogP contribution < -0.4 is 19.7 Å². The number of benzene rings is 3. The zero-order chi connectivity index (χ0) is 32.0. The predicted molar refractivity (Wildman–Crippen MR) is 179 cm³/mol. The molecule has 0 aliphatic carbocycles. The van der Waals surface area contributed by atoms with Crippen molar-refractivity contribution in [2.75, 3.05) is 57.6 Å². The molecule has 1 fully saturated rings. The number of ether oxygens (including phenoxy) is 2. The molecule has 12 heteroatoms. The first-order valence-corrected chi connectivity index (χ1v) is 16.2. The third-order valence-corrected chi connectivity index (χ3v) is 9.12. The fourth-order valence-electron chi connectivity index (χ4n) is 5.74. The molecule has 1 saturated heterocycles. The largest absolute Gasteiger partial charge is 0.493 e. The van der Waals surface area contributed by atoms with E-state index in [4.69, 9.17) is 19.5 Å². The van der Waals surface area contributed by atoms with Gasteiger partial charge in [-0.3, -0.25) is 19.4 Å². The predicted octanol–water partition coefficient (Wildman–Crippen LogP) is 3.49. The van der Waals surface area contributed by atoms with E-state index in [0.717, 1.165) is 29.9 Å². The Balaban J connectivity index is 1.06. The molecular weight excluding hydrogens is 604 g/mol. The Labute approximate surface area is 272 Å². The number of carbonyl (C=O) groups is 3. The number of rotatable bonds is 10. The first-order chi connectivity index (χ1) is 22.4. The summed E-state index contributed by atoms with van der Waals surface area (Å²) in [6, 6.07) is 22.4. The number of hydrogen-bond acceptors (Lipinski definition) is 9. The van der Waals surface area contributed by atoms with Crippen molar-refractivity contribution >= 4 is 51.9 Å². The summed E-state index contributed by atoms with van der Waals surface area (Å²) in [5.74, 6) is 1.24. The summed E-state index contributed by atoms with van der Waals surface area (Å²) in [6.45, 7) is 3.06. The van der Waals surface area contributed by atoms with Crippen LogP contribution in [0.3, 0.4) is 0 Å².